The highest BCUT2D eigenvalue weighted by molar-refractivity contribution is 5.42. The molecule has 0 saturated heterocycles. The lowest BCUT2D eigenvalue weighted by Gasteiger charge is -2.24. The van der Waals surface area contributed by atoms with E-state index in [4.69, 9.17) is 0 Å². The third-order valence-electron chi connectivity index (χ3n) is 3.99. The summed E-state index contributed by atoms with van der Waals surface area (Å²) in [5.74, 6) is -0.307. The van der Waals surface area contributed by atoms with Crippen LogP contribution in [0.1, 0.15) is 23.7 Å². The van der Waals surface area contributed by atoms with Gasteiger partial charge in [0.2, 0.25) is 0 Å². The Labute approximate surface area is 134 Å². The first-order chi connectivity index (χ1) is 11.0. The second kappa shape index (κ2) is 6.10. The molecule has 2 N–H and O–H groups in total. The summed E-state index contributed by atoms with van der Waals surface area (Å²) in [5, 5.41) is 13.8. The lowest BCUT2D eigenvalue weighted by atomic mass is 9.96. The van der Waals surface area contributed by atoms with E-state index in [0.717, 1.165) is 11.3 Å². The Hall–Kier alpha value is -2.24. The third-order valence-corrected chi connectivity index (χ3v) is 3.99. The summed E-state index contributed by atoms with van der Waals surface area (Å²) in [5.41, 5.74) is 2.72. The zero-order chi connectivity index (χ0) is 16.4. The van der Waals surface area contributed by atoms with Crippen molar-refractivity contribution in [1.82, 2.24) is 14.7 Å². The van der Waals surface area contributed by atoms with Crippen molar-refractivity contribution < 1.29 is 9.50 Å². The van der Waals surface area contributed by atoms with Crippen LogP contribution in [0.25, 0.3) is 5.65 Å². The Kier molecular flexibility index (Phi) is 4.15. The van der Waals surface area contributed by atoms with Gasteiger partial charge in [0, 0.05) is 19.3 Å². The second-order valence-corrected chi connectivity index (χ2v) is 6.07. The fraction of sp³-hybridized carbons (Fsp3) is 0.278. The quantitative estimate of drug-likeness (QED) is 0.761. The molecule has 0 bridgehead atoms. The minimum Gasteiger partial charge on any atom is -0.384 e. The van der Waals surface area contributed by atoms with Gasteiger partial charge < -0.3 is 14.8 Å². The van der Waals surface area contributed by atoms with Crippen LogP contribution in [-0.4, -0.2) is 21.0 Å². The summed E-state index contributed by atoms with van der Waals surface area (Å²) < 4.78 is 15.0. The van der Waals surface area contributed by atoms with Crippen LogP contribution in [0, 0.1) is 12.7 Å². The van der Waals surface area contributed by atoms with Crippen LogP contribution < -0.4 is 5.32 Å². The number of aromatic nitrogens is 2. The number of imidazole rings is 1. The molecule has 1 aromatic carbocycles. The lowest BCUT2D eigenvalue weighted by Crippen LogP contribution is -2.35. The number of benzene rings is 1. The van der Waals surface area contributed by atoms with Crippen LogP contribution in [0.5, 0.6) is 0 Å². The van der Waals surface area contributed by atoms with E-state index in [1.165, 1.54) is 17.7 Å². The maximum Gasteiger partial charge on any atom is 0.137 e. The van der Waals surface area contributed by atoms with E-state index in [1.807, 2.05) is 35.9 Å². The van der Waals surface area contributed by atoms with Crippen LogP contribution in [0.15, 0.2) is 48.8 Å². The molecule has 1 unspecified atom stereocenters. The van der Waals surface area contributed by atoms with Crippen molar-refractivity contribution in [2.75, 3.05) is 6.54 Å². The van der Waals surface area contributed by atoms with Gasteiger partial charge >= 0.3 is 0 Å². The minimum absolute atomic E-state index is 0.307. The highest BCUT2D eigenvalue weighted by Crippen LogP contribution is 2.20. The van der Waals surface area contributed by atoms with Gasteiger partial charge in [-0.2, -0.15) is 0 Å². The van der Waals surface area contributed by atoms with Gasteiger partial charge in [-0.15, -0.1) is 0 Å². The summed E-state index contributed by atoms with van der Waals surface area (Å²) in [4.78, 5) is 4.38. The van der Waals surface area contributed by atoms with Crippen molar-refractivity contribution in [1.29, 1.82) is 0 Å². The largest absolute Gasteiger partial charge is 0.384 e. The summed E-state index contributed by atoms with van der Waals surface area (Å²) in [6, 6.07) is 9.99. The molecule has 0 radical (unpaired) electrons. The van der Waals surface area contributed by atoms with Crippen molar-refractivity contribution in [2.24, 2.45) is 0 Å². The van der Waals surface area contributed by atoms with Gasteiger partial charge in [-0.1, -0.05) is 12.1 Å². The SMILES string of the molecule is Cc1ccn2c(CNCC(C)(O)c3ccc(F)cc3)cnc2c1. The predicted molar refractivity (Wildman–Crippen MR) is 87.6 cm³/mol. The number of fused-ring (bicyclic) bond motifs is 1. The number of aliphatic hydroxyl groups is 1. The van der Waals surface area contributed by atoms with Gasteiger partial charge in [0.25, 0.3) is 0 Å². The molecule has 0 aliphatic carbocycles. The van der Waals surface area contributed by atoms with Crippen LogP contribution in [0.2, 0.25) is 0 Å². The van der Waals surface area contributed by atoms with Gasteiger partial charge in [-0.05, 0) is 49.2 Å². The fourth-order valence-corrected chi connectivity index (χ4v) is 2.61. The molecule has 4 nitrogen and oxygen atoms in total. The molecule has 2 heterocycles. The Morgan fingerprint density at radius 1 is 1.26 bits per heavy atom. The van der Waals surface area contributed by atoms with E-state index < -0.39 is 5.60 Å². The standard InChI is InChI=1S/C18H20FN3O/c1-13-7-8-22-16(11-21-17(22)9-13)10-20-12-18(2,23)14-3-5-15(19)6-4-14/h3-9,11,20,23H,10,12H2,1-2H3. The minimum atomic E-state index is -1.06. The molecule has 2 aromatic heterocycles. The molecule has 0 amide bonds. The fourth-order valence-electron chi connectivity index (χ4n) is 2.61. The normalized spacial score (nSPS) is 14.1. The maximum atomic E-state index is 13.0. The van der Waals surface area contributed by atoms with E-state index in [2.05, 4.69) is 10.3 Å². The number of pyridine rings is 1. The number of rotatable bonds is 5. The van der Waals surface area contributed by atoms with Crippen LogP contribution in [0.4, 0.5) is 4.39 Å². The monoisotopic (exact) mass is 313 g/mol. The van der Waals surface area contributed by atoms with E-state index in [0.29, 0.717) is 18.7 Å². The van der Waals surface area contributed by atoms with E-state index >= 15 is 0 Å². The maximum absolute atomic E-state index is 13.0. The second-order valence-electron chi connectivity index (χ2n) is 6.07. The Bertz CT molecular complexity index is 809. The molecule has 0 aliphatic rings. The average Bonchev–Trinajstić information content (AvgIpc) is 2.90. The topological polar surface area (TPSA) is 49.6 Å². The smallest absolute Gasteiger partial charge is 0.137 e. The molecular weight excluding hydrogens is 293 g/mol. The summed E-state index contributed by atoms with van der Waals surface area (Å²) in [6.45, 7) is 4.69. The van der Waals surface area contributed by atoms with Crippen molar-refractivity contribution >= 4 is 5.65 Å². The van der Waals surface area contributed by atoms with Gasteiger partial charge in [0.15, 0.2) is 0 Å². The molecule has 3 rings (SSSR count). The number of hydrogen-bond acceptors (Lipinski definition) is 3. The lowest BCUT2D eigenvalue weighted by molar-refractivity contribution is 0.0565. The predicted octanol–water partition coefficient (Wildman–Crippen LogP) is 2.78. The molecular formula is C18H20FN3O. The van der Waals surface area contributed by atoms with Crippen molar-refractivity contribution in [2.45, 2.75) is 26.0 Å². The molecule has 0 saturated carbocycles. The molecule has 0 aliphatic heterocycles. The molecule has 3 aromatic rings. The van der Waals surface area contributed by atoms with Crippen LogP contribution in [-0.2, 0) is 12.1 Å². The molecule has 0 spiro atoms. The van der Waals surface area contributed by atoms with E-state index in [1.54, 1.807) is 19.1 Å². The van der Waals surface area contributed by atoms with Crippen molar-refractivity contribution in [3.8, 4) is 0 Å². The first-order valence-electron chi connectivity index (χ1n) is 7.57. The Balaban J connectivity index is 1.67. The van der Waals surface area contributed by atoms with Gasteiger partial charge in [0.05, 0.1) is 17.5 Å². The zero-order valence-electron chi connectivity index (χ0n) is 13.3. The number of halogens is 1. The molecule has 120 valence electrons. The first-order valence-corrected chi connectivity index (χ1v) is 7.57. The summed E-state index contributed by atoms with van der Waals surface area (Å²) in [6.07, 6.45) is 3.82. The number of nitrogens with one attached hydrogen (secondary N) is 1. The van der Waals surface area contributed by atoms with Gasteiger partial charge in [-0.25, -0.2) is 9.37 Å². The average molecular weight is 313 g/mol. The van der Waals surface area contributed by atoms with Gasteiger partial charge in [-0.3, -0.25) is 0 Å². The number of hydrogen-bond donors (Lipinski definition) is 2. The molecule has 5 heteroatoms. The zero-order valence-corrected chi connectivity index (χ0v) is 13.3. The number of nitrogens with zero attached hydrogens (tertiary/aromatic N) is 2. The highest BCUT2D eigenvalue weighted by Gasteiger charge is 2.22. The Morgan fingerprint density at radius 2 is 2.00 bits per heavy atom. The van der Waals surface area contributed by atoms with E-state index in [-0.39, 0.29) is 5.82 Å². The number of aryl methyl sites for hydroxylation is 1. The van der Waals surface area contributed by atoms with Crippen molar-refractivity contribution in [3.63, 3.8) is 0 Å². The highest BCUT2D eigenvalue weighted by atomic mass is 19.1. The van der Waals surface area contributed by atoms with Gasteiger partial charge in [0.1, 0.15) is 11.5 Å². The Morgan fingerprint density at radius 3 is 2.74 bits per heavy atom. The van der Waals surface area contributed by atoms with Crippen LogP contribution >= 0.6 is 0 Å². The molecule has 0 fully saturated rings. The van der Waals surface area contributed by atoms with Crippen molar-refractivity contribution in [3.05, 3.63) is 71.4 Å². The first kappa shape index (κ1) is 15.6. The van der Waals surface area contributed by atoms with Crippen LogP contribution in [0.3, 0.4) is 0 Å². The molecule has 1 atom stereocenters. The summed E-state index contributed by atoms with van der Waals surface area (Å²) in [7, 11) is 0. The third kappa shape index (κ3) is 3.41. The van der Waals surface area contributed by atoms with E-state index in [9.17, 15) is 9.50 Å². The molecule has 23 heavy (non-hydrogen) atoms. The summed E-state index contributed by atoms with van der Waals surface area (Å²) >= 11 is 0.